The van der Waals surface area contributed by atoms with E-state index in [4.69, 9.17) is 4.52 Å². The fraction of sp³-hybridized carbons (Fsp3) is 0.462. The molecule has 0 saturated heterocycles. The van der Waals surface area contributed by atoms with Crippen LogP contribution in [0, 0.1) is 6.92 Å². The average molecular weight is 308 g/mol. The van der Waals surface area contributed by atoms with Crippen molar-refractivity contribution in [3.63, 3.8) is 0 Å². The van der Waals surface area contributed by atoms with Gasteiger partial charge in [0.2, 0.25) is 5.89 Å². The molecule has 0 spiro atoms. The maximum atomic E-state index is 11.4. The Labute approximate surface area is 126 Å². The number of carboxylic acid groups (broad SMARTS) is 1. The number of carbonyl (C=O) groups is 1. The second-order valence-electron chi connectivity index (χ2n) is 4.31. The van der Waals surface area contributed by atoms with Crippen LogP contribution in [-0.2, 0) is 18.6 Å². The number of rotatable bonds is 6. The lowest BCUT2D eigenvalue weighted by Crippen LogP contribution is -2.09. The highest BCUT2D eigenvalue weighted by molar-refractivity contribution is 7.98. The van der Waals surface area contributed by atoms with Gasteiger partial charge in [-0.2, -0.15) is 4.98 Å². The van der Waals surface area contributed by atoms with Gasteiger partial charge < -0.3 is 9.63 Å². The van der Waals surface area contributed by atoms with Gasteiger partial charge in [0.1, 0.15) is 16.4 Å². The van der Waals surface area contributed by atoms with E-state index in [-0.39, 0.29) is 5.56 Å². The van der Waals surface area contributed by atoms with Crippen molar-refractivity contribution in [3.05, 3.63) is 28.8 Å². The van der Waals surface area contributed by atoms with Crippen molar-refractivity contribution in [2.24, 2.45) is 0 Å². The van der Waals surface area contributed by atoms with Crippen molar-refractivity contribution >= 4 is 17.7 Å². The lowest BCUT2D eigenvalue weighted by Gasteiger charge is -2.08. The van der Waals surface area contributed by atoms with Crippen LogP contribution in [0.1, 0.15) is 47.4 Å². The molecule has 2 aromatic rings. The Morgan fingerprint density at radius 3 is 2.52 bits per heavy atom. The minimum atomic E-state index is -1.03. The highest BCUT2D eigenvalue weighted by atomic mass is 32.2. The van der Waals surface area contributed by atoms with Gasteiger partial charge in [0.15, 0.2) is 5.82 Å². The van der Waals surface area contributed by atoms with E-state index in [1.54, 1.807) is 6.92 Å². The molecule has 2 heterocycles. The first-order chi connectivity index (χ1) is 10.0. The molecule has 21 heavy (non-hydrogen) atoms. The first-order valence-electron chi connectivity index (χ1n) is 6.60. The van der Waals surface area contributed by atoms with E-state index in [2.05, 4.69) is 20.1 Å². The molecule has 8 heteroatoms. The predicted octanol–water partition coefficient (Wildman–Crippen LogP) is 2.28. The largest absolute Gasteiger partial charge is 0.478 e. The quantitative estimate of drug-likeness (QED) is 0.640. The van der Waals surface area contributed by atoms with Crippen molar-refractivity contribution in [3.8, 4) is 0 Å². The number of aromatic nitrogens is 4. The molecule has 0 aliphatic rings. The fourth-order valence-corrected chi connectivity index (χ4v) is 2.67. The molecular weight excluding hydrogens is 292 g/mol. The van der Waals surface area contributed by atoms with Gasteiger partial charge in [-0.1, -0.05) is 30.8 Å². The zero-order valence-electron chi connectivity index (χ0n) is 12.1. The molecule has 1 N–H and O–H groups in total. The van der Waals surface area contributed by atoms with E-state index in [0.717, 1.165) is 0 Å². The summed E-state index contributed by atoms with van der Waals surface area (Å²) in [6.07, 6.45) is 1.32. The molecule has 2 aromatic heterocycles. The standard InChI is InChI=1S/C13H16N4O3S/c1-4-8-14-7(3)11(13(18)19)12(16-8)21-6-9-15-10(5-2)20-17-9/h4-6H2,1-3H3,(H,18,19). The average Bonchev–Trinajstić information content (AvgIpc) is 2.91. The monoisotopic (exact) mass is 308 g/mol. The highest BCUT2D eigenvalue weighted by Gasteiger charge is 2.18. The minimum Gasteiger partial charge on any atom is -0.478 e. The second kappa shape index (κ2) is 6.66. The SMILES string of the molecule is CCc1nc(C)c(C(=O)O)c(SCc2noc(CC)n2)n1. The third-order valence-electron chi connectivity index (χ3n) is 2.78. The van der Waals surface area contributed by atoms with Crippen LogP contribution in [0.25, 0.3) is 0 Å². The minimum absolute atomic E-state index is 0.136. The molecule has 0 bridgehead atoms. The summed E-state index contributed by atoms with van der Waals surface area (Å²) in [6.45, 7) is 5.53. The van der Waals surface area contributed by atoms with Crippen molar-refractivity contribution < 1.29 is 14.4 Å². The van der Waals surface area contributed by atoms with E-state index in [9.17, 15) is 9.90 Å². The van der Waals surface area contributed by atoms with Gasteiger partial charge in [0.05, 0.1) is 11.4 Å². The molecule has 0 aromatic carbocycles. The van der Waals surface area contributed by atoms with Crippen molar-refractivity contribution in [1.82, 2.24) is 20.1 Å². The van der Waals surface area contributed by atoms with Crippen molar-refractivity contribution in [2.45, 2.75) is 44.4 Å². The molecule has 0 saturated carbocycles. The Balaban J connectivity index is 2.25. The van der Waals surface area contributed by atoms with Gasteiger partial charge in [0, 0.05) is 12.8 Å². The zero-order valence-corrected chi connectivity index (χ0v) is 12.9. The molecule has 0 unspecified atom stereocenters. The van der Waals surface area contributed by atoms with Crippen molar-refractivity contribution in [1.29, 1.82) is 0 Å². The van der Waals surface area contributed by atoms with Gasteiger partial charge in [-0.05, 0) is 6.92 Å². The van der Waals surface area contributed by atoms with Crippen LogP contribution in [0.15, 0.2) is 9.55 Å². The molecule has 0 aliphatic heterocycles. The number of aromatic carboxylic acids is 1. The first kappa shape index (κ1) is 15.4. The summed E-state index contributed by atoms with van der Waals surface area (Å²) >= 11 is 1.28. The molecule has 0 aliphatic carbocycles. The molecular formula is C13H16N4O3S. The Kier molecular flexibility index (Phi) is 4.89. The van der Waals surface area contributed by atoms with Crippen LogP contribution in [0.5, 0.6) is 0 Å². The number of hydrogen-bond donors (Lipinski definition) is 1. The van der Waals surface area contributed by atoms with Crippen LogP contribution in [0.2, 0.25) is 0 Å². The zero-order chi connectivity index (χ0) is 15.4. The summed E-state index contributed by atoms with van der Waals surface area (Å²) < 4.78 is 5.03. The molecule has 0 atom stereocenters. The van der Waals surface area contributed by atoms with Gasteiger partial charge in [-0.3, -0.25) is 0 Å². The third-order valence-corrected chi connectivity index (χ3v) is 3.76. The summed E-state index contributed by atoms with van der Waals surface area (Å²) in [7, 11) is 0. The molecule has 2 rings (SSSR count). The van der Waals surface area contributed by atoms with E-state index in [0.29, 0.717) is 46.9 Å². The molecule has 0 fully saturated rings. The van der Waals surface area contributed by atoms with E-state index in [1.807, 2.05) is 13.8 Å². The summed E-state index contributed by atoms with van der Waals surface area (Å²) in [5.41, 5.74) is 0.607. The summed E-state index contributed by atoms with van der Waals surface area (Å²) in [5.74, 6) is 1.10. The lowest BCUT2D eigenvalue weighted by molar-refractivity contribution is 0.0690. The molecule has 0 amide bonds. The molecule has 7 nitrogen and oxygen atoms in total. The summed E-state index contributed by atoms with van der Waals surface area (Å²) in [6, 6.07) is 0. The van der Waals surface area contributed by atoms with Crippen LogP contribution < -0.4 is 0 Å². The van der Waals surface area contributed by atoms with Gasteiger partial charge in [-0.15, -0.1) is 0 Å². The van der Waals surface area contributed by atoms with Gasteiger partial charge in [-0.25, -0.2) is 14.8 Å². The Morgan fingerprint density at radius 2 is 1.95 bits per heavy atom. The van der Waals surface area contributed by atoms with E-state index < -0.39 is 5.97 Å². The smallest absolute Gasteiger partial charge is 0.340 e. The molecule has 0 radical (unpaired) electrons. The highest BCUT2D eigenvalue weighted by Crippen LogP contribution is 2.25. The summed E-state index contributed by atoms with van der Waals surface area (Å²) in [4.78, 5) is 24.0. The molecule has 112 valence electrons. The number of nitrogens with zero attached hydrogens (tertiary/aromatic N) is 4. The van der Waals surface area contributed by atoms with Gasteiger partial charge >= 0.3 is 5.97 Å². The Hall–Kier alpha value is -1.96. The maximum Gasteiger partial charge on any atom is 0.340 e. The van der Waals surface area contributed by atoms with Gasteiger partial charge in [0.25, 0.3) is 0 Å². The van der Waals surface area contributed by atoms with E-state index >= 15 is 0 Å². The number of aryl methyl sites for hydroxylation is 3. The van der Waals surface area contributed by atoms with Crippen LogP contribution in [0.3, 0.4) is 0 Å². The number of carboxylic acids is 1. The van der Waals surface area contributed by atoms with Crippen LogP contribution in [-0.4, -0.2) is 31.2 Å². The van der Waals surface area contributed by atoms with E-state index in [1.165, 1.54) is 11.8 Å². The number of thioether (sulfide) groups is 1. The number of hydrogen-bond acceptors (Lipinski definition) is 7. The van der Waals surface area contributed by atoms with Crippen molar-refractivity contribution in [2.75, 3.05) is 0 Å². The topological polar surface area (TPSA) is 102 Å². The first-order valence-corrected chi connectivity index (χ1v) is 7.58. The Morgan fingerprint density at radius 1 is 1.19 bits per heavy atom. The predicted molar refractivity (Wildman–Crippen MR) is 76.3 cm³/mol. The fourth-order valence-electron chi connectivity index (χ4n) is 1.74. The lowest BCUT2D eigenvalue weighted by atomic mass is 10.2. The van der Waals surface area contributed by atoms with Crippen LogP contribution >= 0.6 is 11.8 Å². The third kappa shape index (κ3) is 3.57. The summed E-state index contributed by atoms with van der Waals surface area (Å²) in [5, 5.41) is 13.6. The maximum absolute atomic E-state index is 11.4. The Bertz CT molecular complexity index is 657. The normalized spacial score (nSPS) is 10.8. The second-order valence-corrected chi connectivity index (χ2v) is 5.27. The van der Waals surface area contributed by atoms with Crippen LogP contribution in [0.4, 0.5) is 0 Å².